The van der Waals surface area contributed by atoms with E-state index in [1.807, 2.05) is 44.7 Å². The minimum atomic E-state index is -3.06. The van der Waals surface area contributed by atoms with Crippen LogP contribution in [0.4, 0.5) is 5.69 Å². The van der Waals surface area contributed by atoms with Gasteiger partial charge in [0.25, 0.3) is 5.91 Å². The van der Waals surface area contributed by atoms with Crippen LogP contribution >= 0.6 is 0 Å². The van der Waals surface area contributed by atoms with Crippen molar-refractivity contribution in [3.05, 3.63) is 77.7 Å². The van der Waals surface area contributed by atoms with Gasteiger partial charge >= 0.3 is 0 Å². The molecule has 3 aromatic heterocycles. The van der Waals surface area contributed by atoms with Crippen molar-refractivity contribution >= 4 is 22.6 Å². The fraction of sp³-hybridized carbons (Fsp3) is 0.345. The quantitative estimate of drug-likeness (QED) is 0.424. The number of carbonyl (C=O) groups excluding carboxylic acids is 1. The van der Waals surface area contributed by atoms with Gasteiger partial charge in [-0.3, -0.25) is 14.7 Å². The van der Waals surface area contributed by atoms with Crippen molar-refractivity contribution in [3.63, 3.8) is 0 Å². The van der Waals surface area contributed by atoms with Crippen LogP contribution in [0.2, 0.25) is 0 Å². The van der Waals surface area contributed by atoms with Gasteiger partial charge in [-0.1, -0.05) is 12.1 Å². The second-order valence-electron chi connectivity index (χ2n) is 9.29. The predicted octanol–water partition coefficient (Wildman–Crippen LogP) is 4.76. The molecular weight excluding hydrogens is 448 g/mol. The molecule has 4 aromatic rings. The number of nitrogens with one attached hydrogen (secondary N) is 1. The van der Waals surface area contributed by atoms with Gasteiger partial charge in [-0.05, 0) is 73.8 Å². The standard InChI is InChI=1S/C29H34N6O/c1-30-23-9-10-27(32-18-23)25-11-14-31-28-26(25)17-24(34(28)4)19-35-15-12-21(13-16-35)20-5-7-22(8-6-20)29(36)33(2)3/h5-11,14,17-18,21,30H,12-13,15-16,19H2,1-4H3/i2D3,3D3. The molecule has 1 amide bonds. The highest BCUT2D eigenvalue weighted by molar-refractivity contribution is 5.94. The molecule has 0 bridgehead atoms. The van der Waals surface area contributed by atoms with E-state index in [0.717, 1.165) is 66.0 Å². The Morgan fingerprint density at radius 2 is 1.89 bits per heavy atom. The number of benzene rings is 1. The smallest absolute Gasteiger partial charge is 0.253 e. The van der Waals surface area contributed by atoms with E-state index in [1.165, 1.54) is 17.8 Å². The van der Waals surface area contributed by atoms with Gasteiger partial charge in [0.15, 0.2) is 0 Å². The molecule has 0 spiro atoms. The maximum atomic E-state index is 12.7. The lowest BCUT2D eigenvalue weighted by Crippen LogP contribution is -2.33. The van der Waals surface area contributed by atoms with Crippen LogP contribution in [0.3, 0.4) is 0 Å². The van der Waals surface area contributed by atoms with E-state index < -0.39 is 19.9 Å². The van der Waals surface area contributed by atoms with E-state index in [1.54, 1.807) is 12.1 Å². The average molecular weight is 489 g/mol. The maximum absolute atomic E-state index is 12.7. The number of fused-ring (bicyclic) bond motifs is 1. The largest absolute Gasteiger partial charge is 0.387 e. The van der Waals surface area contributed by atoms with Gasteiger partial charge in [0.05, 0.1) is 17.6 Å². The predicted molar refractivity (Wildman–Crippen MR) is 145 cm³/mol. The summed E-state index contributed by atoms with van der Waals surface area (Å²) >= 11 is 0. The van der Waals surface area contributed by atoms with Crippen molar-refractivity contribution < 1.29 is 13.0 Å². The zero-order valence-electron chi connectivity index (χ0n) is 26.5. The van der Waals surface area contributed by atoms with Crippen LogP contribution < -0.4 is 5.32 Å². The monoisotopic (exact) mass is 488 g/mol. The van der Waals surface area contributed by atoms with E-state index >= 15 is 0 Å². The lowest BCUT2D eigenvalue weighted by molar-refractivity contribution is 0.0827. The number of hydrogen-bond donors (Lipinski definition) is 1. The van der Waals surface area contributed by atoms with Crippen LogP contribution in [0.25, 0.3) is 22.3 Å². The molecule has 1 saturated heterocycles. The molecule has 0 saturated carbocycles. The zero-order chi connectivity index (χ0) is 30.2. The van der Waals surface area contributed by atoms with Gasteiger partial charge in [-0.2, -0.15) is 0 Å². The Kier molecular flexibility index (Phi) is 4.96. The van der Waals surface area contributed by atoms with Crippen molar-refractivity contribution in [2.45, 2.75) is 25.3 Å². The summed E-state index contributed by atoms with van der Waals surface area (Å²) in [5.41, 5.74) is 6.09. The van der Waals surface area contributed by atoms with Gasteiger partial charge in [0.2, 0.25) is 0 Å². The number of amides is 1. The molecule has 0 aliphatic carbocycles. The lowest BCUT2D eigenvalue weighted by Gasteiger charge is -2.32. The summed E-state index contributed by atoms with van der Waals surface area (Å²) in [6.45, 7) is -3.55. The third-order valence-corrected chi connectivity index (χ3v) is 7.16. The summed E-state index contributed by atoms with van der Waals surface area (Å²) in [5, 5.41) is 4.17. The highest BCUT2D eigenvalue weighted by atomic mass is 16.2. The first kappa shape index (κ1) is 17.7. The third-order valence-electron chi connectivity index (χ3n) is 7.16. The normalized spacial score (nSPS) is 17.9. The zero-order valence-corrected chi connectivity index (χ0v) is 20.5. The molecule has 0 unspecified atom stereocenters. The van der Waals surface area contributed by atoms with Crippen LogP contribution in [0.5, 0.6) is 0 Å². The van der Waals surface area contributed by atoms with Crippen LogP contribution in [-0.2, 0) is 13.6 Å². The maximum Gasteiger partial charge on any atom is 0.253 e. The van der Waals surface area contributed by atoms with Crippen LogP contribution in [0, 0.1) is 0 Å². The number of aryl methyl sites for hydroxylation is 1. The van der Waals surface area contributed by atoms with Gasteiger partial charge in [0.1, 0.15) is 5.65 Å². The Hall–Kier alpha value is -3.71. The van der Waals surface area contributed by atoms with Gasteiger partial charge in [-0.15, -0.1) is 0 Å². The third kappa shape index (κ3) is 4.71. The molecule has 1 fully saturated rings. The second kappa shape index (κ2) is 10.1. The first-order valence-electron chi connectivity index (χ1n) is 15.1. The Morgan fingerprint density at radius 3 is 2.56 bits per heavy atom. The number of aromatic nitrogens is 3. The van der Waals surface area contributed by atoms with Crippen molar-refractivity contribution in [3.8, 4) is 11.3 Å². The Labute approximate surface area is 221 Å². The van der Waals surface area contributed by atoms with Gasteiger partial charge < -0.3 is 14.8 Å². The molecule has 0 radical (unpaired) electrons. The van der Waals surface area contributed by atoms with Gasteiger partial charge in [-0.25, -0.2) is 4.98 Å². The number of anilines is 1. The fourth-order valence-electron chi connectivity index (χ4n) is 5.03. The van der Waals surface area contributed by atoms with Crippen molar-refractivity contribution in [2.75, 3.05) is 39.4 Å². The molecule has 1 aromatic carbocycles. The number of hydrogen-bond acceptors (Lipinski definition) is 5. The van der Waals surface area contributed by atoms with Crippen LogP contribution in [0.15, 0.2) is 60.9 Å². The van der Waals surface area contributed by atoms with Crippen molar-refractivity contribution in [2.24, 2.45) is 7.05 Å². The summed E-state index contributed by atoms with van der Waals surface area (Å²) in [6, 6.07) is 14.9. The molecular formula is C29H34N6O. The number of pyridine rings is 2. The number of carbonyl (C=O) groups is 1. The Bertz CT molecular complexity index is 1540. The molecule has 1 aliphatic heterocycles. The van der Waals surface area contributed by atoms with Crippen LogP contribution in [0.1, 0.15) is 48.6 Å². The van der Waals surface area contributed by atoms with E-state index in [4.69, 9.17) is 8.22 Å². The minimum absolute atomic E-state index is 0.00495. The summed E-state index contributed by atoms with van der Waals surface area (Å²) in [6.07, 6.45) is 5.51. The Balaban J connectivity index is 1.25. The average Bonchev–Trinajstić information content (AvgIpc) is 3.27. The molecule has 36 heavy (non-hydrogen) atoms. The fourth-order valence-corrected chi connectivity index (χ4v) is 5.03. The molecule has 186 valence electrons. The first-order valence-corrected chi connectivity index (χ1v) is 12.1. The minimum Gasteiger partial charge on any atom is -0.387 e. The molecule has 7 nitrogen and oxygen atoms in total. The molecule has 1 aliphatic rings. The summed E-state index contributed by atoms with van der Waals surface area (Å²) in [4.78, 5) is 24.4. The van der Waals surface area contributed by atoms with E-state index in [-0.39, 0.29) is 10.5 Å². The summed E-state index contributed by atoms with van der Waals surface area (Å²) < 4.78 is 47.1. The lowest BCUT2D eigenvalue weighted by atomic mass is 9.89. The van der Waals surface area contributed by atoms with Crippen molar-refractivity contribution in [1.29, 1.82) is 0 Å². The molecule has 4 heterocycles. The number of piperidine rings is 1. The Morgan fingerprint density at radius 1 is 1.11 bits per heavy atom. The number of rotatable bonds is 6. The molecule has 1 N–H and O–H groups in total. The van der Waals surface area contributed by atoms with E-state index in [9.17, 15) is 4.79 Å². The van der Waals surface area contributed by atoms with E-state index in [2.05, 4.69) is 30.8 Å². The summed E-state index contributed by atoms with van der Waals surface area (Å²) in [5.74, 6) is -0.742. The SMILES string of the molecule is [2H]C([2H])([2H])N(C(=O)c1ccc(C2CCN(Cc3cc4c(-c5ccc(NC)cn5)ccnc4n3C)CC2)cc1)C([2H])([2H])[2H]. The highest BCUT2D eigenvalue weighted by Crippen LogP contribution is 2.32. The van der Waals surface area contributed by atoms with Crippen LogP contribution in [-0.4, -0.2) is 64.3 Å². The topological polar surface area (TPSA) is 66.3 Å². The number of likely N-dealkylation sites (tertiary alicyclic amines) is 1. The van der Waals surface area contributed by atoms with E-state index in [0.29, 0.717) is 5.92 Å². The first-order chi connectivity index (χ1) is 19.9. The summed E-state index contributed by atoms with van der Waals surface area (Å²) in [7, 11) is 3.91. The second-order valence-corrected chi connectivity index (χ2v) is 9.29. The number of nitrogens with zero attached hydrogens (tertiary/aromatic N) is 5. The molecule has 7 heteroatoms. The highest BCUT2D eigenvalue weighted by Gasteiger charge is 2.22. The molecule has 5 rings (SSSR count). The van der Waals surface area contributed by atoms with Crippen molar-refractivity contribution in [1.82, 2.24) is 24.3 Å². The van der Waals surface area contributed by atoms with Gasteiger partial charge in [0, 0.05) is 71.2 Å². The molecule has 0 atom stereocenters.